The number of methoxy groups -OCH3 is 1. The predicted octanol–water partition coefficient (Wildman–Crippen LogP) is 3.25. The molecule has 2 heterocycles. The average molecular weight is 388 g/mol. The van der Waals surface area contributed by atoms with Crippen LogP contribution in [0.2, 0.25) is 5.02 Å². The van der Waals surface area contributed by atoms with Crippen molar-refractivity contribution < 1.29 is 9.53 Å². The van der Waals surface area contributed by atoms with Gasteiger partial charge in [-0.05, 0) is 45.0 Å². The highest BCUT2D eigenvalue weighted by Crippen LogP contribution is 2.25. The molecule has 0 aliphatic rings. The van der Waals surface area contributed by atoms with E-state index >= 15 is 0 Å². The first-order valence-corrected chi connectivity index (χ1v) is 8.86. The summed E-state index contributed by atoms with van der Waals surface area (Å²) in [4.78, 5) is 17.0. The van der Waals surface area contributed by atoms with Crippen LogP contribution in [0.5, 0.6) is 0 Å². The van der Waals surface area contributed by atoms with Gasteiger partial charge in [-0.15, -0.1) is 0 Å². The molecule has 2 aromatic heterocycles. The molecule has 2 N–H and O–H groups in total. The summed E-state index contributed by atoms with van der Waals surface area (Å²) < 4.78 is 7.02. The third kappa shape index (κ3) is 4.27. The third-order valence-electron chi connectivity index (χ3n) is 3.86. The van der Waals surface area contributed by atoms with Crippen molar-refractivity contribution in [2.24, 2.45) is 0 Å². The maximum absolute atomic E-state index is 12.6. The number of halogens is 1. The van der Waals surface area contributed by atoms with Crippen molar-refractivity contribution >= 4 is 28.4 Å². The molecule has 0 aliphatic heterocycles. The zero-order valence-corrected chi connectivity index (χ0v) is 16.5. The van der Waals surface area contributed by atoms with Crippen LogP contribution in [-0.4, -0.2) is 33.3 Å². The van der Waals surface area contributed by atoms with Gasteiger partial charge in [-0.1, -0.05) is 11.6 Å². The summed E-state index contributed by atoms with van der Waals surface area (Å²) in [5.41, 5.74) is 8.07. The van der Waals surface area contributed by atoms with Crippen LogP contribution in [0, 0.1) is 0 Å². The Morgan fingerprint density at radius 2 is 2.07 bits per heavy atom. The summed E-state index contributed by atoms with van der Waals surface area (Å²) in [5, 5.41) is 5.92. The molecule has 0 fully saturated rings. The Morgan fingerprint density at radius 1 is 1.30 bits per heavy atom. The molecule has 0 unspecified atom stereocenters. The van der Waals surface area contributed by atoms with Crippen LogP contribution in [0.1, 0.15) is 36.8 Å². The minimum Gasteiger partial charge on any atom is -0.378 e. The number of hydrogen-bond acceptors (Lipinski definition) is 5. The smallest absolute Gasteiger partial charge is 0.268 e. The normalized spacial score (nSPS) is 11.7. The summed E-state index contributed by atoms with van der Waals surface area (Å²) in [7, 11) is 1.58. The highest BCUT2D eigenvalue weighted by molar-refractivity contribution is 6.31. The second-order valence-corrected chi connectivity index (χ2v) is 7.61. The second kappa shape index (κ2) is 7.64. The number of pyridine rings is 1. The molecule has 27 heavy (non-hydrogen) atoms. The number of carbonyl (C=O) groups excluding carboxylic acids is 1. The van der Waals surface area contributed by atoms with Crippen LogP contribution in [0.4, 0.5) is 0 Å². The van der Waals surface area contributed by atoms with E-state index in [0.717, 1.165) is 16.6 Å². The topological polar surface area (TPSA) is 81.1 Å². The van der Waals surface area contributed by atoms with Gasteiger partial charge in [0.15, 0.2) is 0 Å². The van der Waals surface area contributed by atoms with Gasteiger partial charge < -0.3 is 4.74 Å². The molecule has 142 valence electrons. The number of hydrogen-bond donors (Lipinski definition) is 2. The van der Waals surface area contributed by atoms with Gasteiger partial charge in [0.1, 0.15) is 0 Å². The molecule has 0 aliphatic carbocycles. The van der Waals surface area contributed by atoms with Crippen LogP contribution in [0.15, 0.2) is 36.7 Å². The van der Waals surface area contributed by atoms with Gasteiger partial charge in [-0.3, -0.25) is 15.2 Å². The zero-order chi connectivity index (χ0) is 19.6. The number of rotatable bonds is 5. The van der Waals surface area contributed by atoms with E-state index < -0.39 is 0 Å². The molecule has 0 bridgehead atoms. The Hall–Kier alpha value is -2.48. The number of ether oxygens (including phenoxy) is 1. The molecule has 7 nitrogen and oxygen atoms in total. The number of nitrogens with one attached hydrogen (secondary N) is 2. The molecule has 1 amide bonds. The van der Waals surface area contributed by atoms with Crippen LogP contribution < -0.4 is 10.9 Å². The number of nitrogens with zero attached hydrogens (tertiary/aromatic N) is 3. The SMILES string of the molecule is COCc1c(C(=O)NNC(C)(C)C)cnn1-c1ccnc2cc(Cl)ccc12. The van der Waals surface area contributed by atoms with Crippen molar-refractivity contribution in [1.29, 1.82) is 0 Å². The van der Waals surface area contributed by atoms with Crippen molar-refractivity contribution in [3.05, 3.63) is 52.9 Å². The summed E-state index contributed by atoms with van der Waals surface area (Å²) in [5.74, 6) is -0.273. The summed E-state index contributed by atoms with van der Waals surface area (Å²) in [6.45, 7) is 6.11. The largest absolute Gasteiger partial charge is 0.378 e. The van der Waals surface area contributed by atoms with Crippen molar-refractivity contribution in [2.75, 3.05) is 7.11 Å². The molecule has 1 aromatic carbocycles. The summed E-state index contributed by atoms with van der Waals surface area (Å²) in [6.07, 6.45) is 3.23. The Kier molecular flexibility index (Phi) is 5.46. The number of hydrazine groups is 1. The van der Waals surface area contributed by atoms with Crippen molar-refractivity contribution in [2.45, 2.75) is 32.9 Å². The lowest BCUT2D eigenvalue weighted by Crippen LogP contribution is -2.48. The standard InChI is InChI=1S/C19H22ClN5O2/c1-19(2,3)24-23-18(26)14-10-22-25(17(14)11-27-4)16-7-8-21-15-9-12(20)5-6-13(15)16/h5-10,24H,11H2,1-4H3,(H,23,26). The van der Waals surface area contributed by atoms with Crippen LogP contribution in [0.3, 0.4) is 0 Å². The van der Waals surface area contributed by atoms with E-state index in [1.54, 1.807) is 30.1 Å². The number of amides is 1. The molecule has 8 heteroatoms. The molecule has 3 aromatic rings. The molecule has 0 saturated heterocycles. The van der Waals surface area contributed by atoms with E-state index in [4.69, 9.17) is 16.3 Å². The highest BCUT2D eigenvalue weighted by atomic mass is 35.5. The maximum atomic E-state index is 12.6. The van der Waals surface area contributed by atoms with Gasteiger partial charge in [0.05, 0.1) is 35.3 Å². The van der Waals surface area contributed by atoms with Crippen LogP contribution in [-0.2, 0) is 11.3 Å². The molecular formula is C19H22ClN5O2. The molecule has 0 radical (unpaired) electrons. The quantitative estimate of drug-likeness (QED) is 0.657. The fourth-order valence-corrected chi connectivity index (χ4v) is 2.82. The fraction of sp³-hybridized carbons (Fsp3) is 0.316. The number of benzene rings is 1. The number of fused-ring (bicyclic) bond motifs is 1. The zero-order valence-electron chi connectivity index (χ0n) is 15.7. The Labute approximate surface area is 162 Å². The lowest BCUT2D eigenvalue weighted by Gasteiger charge is -2.21. The van der Waals surface area contributed by atoms with E-state index in [0.29, 0.717) is 16.3 Å². The van der Waals surface area contributed by atoms with Crippen molar-refractivity contribution in [3.63, 3.8) is 0 Å². The summed E-state index contributed by atoms with van der Waals surface area (Å²) in [6, 6.07) is 7.33. The van der Waals surface area contributed by atoms with Gasteiger partial charge in [-0.2, -0.15) is 5.10 Å². The van der Waals surface area contributed by atoms with Gasteiger partial charge in [0.25, 0.3) is 5.91 Å². The van der Waals surface area contributed by atoms with E-state index in [1.807, 2.05) is 32.9 Å². The highest BCUT2D eigenvalue weighted by Gasteiger charge is 2.21. The van der Waals surface area contributed by atoms with E-state index in [-0.39, 0.29) is 18.1 Å². The van der Waals surface area contributed by atoms with Crippen molar-refractivity contribution in [3.8, 4) is 5.69 Å². The lowest BCUT2D eigenvalue weighted by molar-refractivity contribution is 0.0909. The Bertz CT molecular complexity index is 978. The van der Waals surface area contributed by atoms with E-state index in [1.165, 1.54) is 6.20 Å². The predicted molar refractivity (Wildman–Crippen MR) is 105 cm³/mol. The molecule has 0 saturated carbocycles. The molecule has 0 atom stereocenters. The van der Waals surface area contributed by atoms with Crippen molar-refractivity contribution in [1.82, 2.24) is 25.6 Å². The first-order chi connectivity index (χ1) is 12.8. The lowest BCUT2D eigenvalue weighted by atomic mass is 10.1. The van der Waals surface area contributed by atoms with Gasteiger partial charge in [0.2, 0.25) is 0 Å². The average Bonchev–Trinajstić information content (AvgIpc) is 3.02. The first kappa shape index (κ1) is 19.3. The summed E-state index contributed by atoms with van der Waals surface area (Å²) >= 11 is 6.07. The minimum atomic E-state index is -0.273. The van der Waals surface area contributed by atoms with Crippen LogP contribution in [0.25, 0.3) is 16.6 Å². The first-order valence-electron chi connectivity index (χ1n) is 8.48. The van der Waals surface area contributed by atoms with E-state index in [9.17, 15) is 4.79 Å². The van der Waals surface area contributed by atoms with Crippen LogP contribution >= 0.6 is 11.6 Å². The molecular weight excluding hydrogens is 366 g/mol. The van der Waals surface area contributed by atoms with Gasteiger partial charge in [-0.25, -0.2) is 10.1 Å². The minimum absolute atomic E-state index is 0.232. The maximum Gasteiger partial charge on any atom is 0.268 e. The van der Waals surface area contributed by atoms with E-state index in [2.05, 4.69) is 20.9 Å². The monoisotopic (exact) mass is 387 g/mol. The molecule has 0 spiro atoms. The number of carbonyl (C=O) groups is 1. The fourth-order valence-electron chi connectivity index (χ4n) is 2.65. The second-order valence-electron chi connectivity index (χ2n) is 7.17. The van der Waals surface area contributed by atoms with Gasteiger partial charge >= 0.3 is 0 Å². The molecule has 3 rings (SSSR count). The Balaban J connectivity index is 2.05. The van der Waals surface area contributed by atoms with Gasteiger partial charge in [0, 0.05) is 29.3 Å². The Morgan fingerprint density at radius 3 is 2.78 bits per heavy atom. The number of aromatic nitrogens is 3. The third-order valence-corrected chi connectivity index (χ3v) is 4.09.